The van der Waals surface area contributed by atoms with Crippen molar-refractivity contribution in [2.24, 2.45) is 0 Å². The van der Waals surface area contributed by atoms with Gasteiger partial charge in [-0.1, -0.05) is 12.1 Å². The van der Waals surface area contributed by atoms with E-state index < -0.39 is 6.10 Å². The van der Waals surface area contributed by atoms with Crippen LogP contribution in [0.15, 0.2) is 24.3 Å². The van der Waals surface area contributed by atoms with Crippen molar-refractivity contribution in [2.45, 2.75) is 32.4 Å². The highest BCUT2D eigenvalue weighted by Crippen LogP contribution is 2.31. The Morgan fingerprint density at radius 3 is 2.06 bits per heavy atom. The predicted octanol–water partition coefficient (Wildman–Crippen LogP) is 0.0295. The van der Waals surface area contributed by atoms with E-state index in [0.29, 0.717) is 76.9 Å². The second kappa shape index (κ2) is 10.8. The molecule has 10 heteroatoms. The summed E-state index contributed by atoms with van der Waals surface area (Å²) in [4.78, 5) is 45.8. The molecule has 2 fully saturated rings. The average molecular weight is 488 g/mol. The van der Waals surface area contributed by atoms with Gasteiger partial charge in [0.1, 0.15) is 6.61 Å². The van der Waals surface area contributed by atoms with Crippen LogP contribution in [0.2, 0.25) is 0 Å². The van der Waals surface area contributed by atoms with Crippen molar-refractivity contribution in [2.75, 3.05) is 72.1 Å². The van der Waals surface area contributed by atoms with Gasteiger partial charge in [-0.3, -0.25) is 24.2 Å². The molecule has 0 spiro atoms. The fraction of sp³-hybridized carbons (Fsp3) is 0.640. The molecule has 0 radical (unpaired) electrons. The molecule has 3 aliphatic heterocycles. The van der Waals surface area contributed by atoms with Crippen molar-refractivity contribution in [1.82, 2.24) is 24.9 Å². The summed E-state index contributed by atoms with van der Waals surface area (Å²) in [7, 11) is 0. The summed E-state index contributed by atoms with van der Waals surface area (Å²) in [5.41, 5.74) is -0.244. The molecule has 1 N–H and O–H groups in total. The molecule has 3 amide bonds. The predicted molar refractivity (Wildman–Crippen MR) is 130 cm³/mol. The van der Waals surface area contributed by atoms with E-state index in [1.165, 1.54) is 0 Å². The van der Waals surface area contributed by atoms with Gasteiger partial charge in [0.2, 0.25) is 17.9 Å². The number of hydrogen-bond acceptors (Lipinski definition) is 7. The Kier molecular flexibility index (Phi) is 7.81. The van der Waals surface area contributed by atoms with Crippen LogP contribution in [0, 0.1) is 0 Å². The highest BCUT2D eigenvalue weighted by Gasteiger charge is 2.33. The van der Waals surface area contributed by atoms with E-state index in [4.69, 9.17) is 9.47 Å². The molecule has 192 valence electrons. The molecular formula is C25H37N5O5. The van der Waals surface area contributed by atoms with Crippen molar-refractivity contribution in [1.29, 1.82) is 0 Å². The third-order valence-corrected chi connectivity index (χ3v) is 6.43. The van der Waals surface area contributed by atoms with Crippen LogP contribution in [0.25, 0.3) is 0 Å². The second-order valence-electron chi connectivity index (χ2n) is 10.4. The first kappa shape index (κ1) is 25.2. The molecule has 3 aliphatic rings. The molecule has 0 bridgehead atoms. The summed E-state index contributed by atoms with van der Waals surface area (Å²) in [6.07, 6.45) is -0.639. The quantitative estimate of drug-likeness (QED) is 0.626. The number of rotatable bonds is 5. The van der Waals surface area contributed by atoms with Crippen LogP contribution < -0.4 is 14.8 Å². The summed E-state index contributed by atoms with van der Waals surface area (Å²) < 4.78 is 11.5. The number of benzene rings is 1. The Bertz CT molecular complexity index is 917. The Balaban J connectivity index is 1.16. The summed E-state index contributed by atoms with van der Waals surface area (Å²) in [6, 6.07) is 7.36. The van der Waals surface area contributed by atoms with Crippen LogP contribution in [0.5, 0.6) is 11.5 Å². The largest absolute Gasteiger partial charge is 0.485 e. The number of para-hydroxylation sites is 2. The van der Waals surface area contributed by atoms with Crippen LogP contribution in [0.3, 0.4) is 0 Å². The van der Waals surface area contributed by atoms with Crippen LogP contribution in [-0.2, 0) is 14.4 Å². The van der Waals surface area contributed by atoms with Gasteiger partial charge < -0.3 is 24.6 Å². The molecule has 1 aromatic carbocycles. The first-order chi connectivity index (χ1) is 16.7. The Morgan fingerprint density at radius 2 is 1.43 bits per heavy atom. The van der Waals surface area contributed by atoms with E-state index in [2.05, 4.69) is 15.1 Å². The van der Waals surface area contributed by atoms with Gasteiger partial charge in [-0.2, -0.15) is 0 Å². The van der Waals surface area contributed by atoms with Gasteiger partial charge in [0.15, 0.2) is 11.5 Å². The lowest BCUT2D eigenvalue weighted by Gasteiger charge is -2.39. The molecule has 0 saturated carbocycles. The number of piperazine rings is 2. The van der Waals surface area contributed by atoms with Crippen molar-refractivity contribution in [3.63, 3.8) is 0 Å². The van der Waals surface area contributed by atoms with Crippen LogP contribution in [-0.4, -0.2) is 121 Å². The topological polar surface area (TPSA) is 94.7 Å². The Morgan fingerprint density at radius 1 is 0.857 bits per heavy atom. The van der Waals surface area contributed by atoms with E-state index in [-0.39, 0.29) is 29.9 Å². The minimum atomic E-state index is -0.639. The zero-order valence-corrected chi connectivity index (χ0v) is 21.0. The maximum Gasteiger partial charge on any atom is 0.267 e. The summed E-state index contributed by atoms with van der Waals surface area (Å²) in [5, 5.41) is 2.98. The van der Waals surface area contributed by atoms with Crippen LogP contribution in [0.4, 0.5) is 0 Å². The molecular weight excluding hydrogens is 450 g/mol. The fourth-order valence-electron chi connectivity index (χ4n) is 4.58. The van der Waals surface area contributed by atoms with Gasteiger partial charge in [-0.15, -0.1) is 0 Å². The highest BCUT2D eigenvalue weighted by atomic mass is 16.6. The van der Waals surface area contributed by atoms with E-state index in [1.807, 2.05) is 43.9 Å². The summed E-state index contributed by atoms with van der Waals surface area (Å²) in [6.45, 7) is 11.9. The van der Waals surface area contributed by atoms with Crippen molar-refractivity contribution < 1.29 is 23.9 Å². The molecule has 3 heterocycles. The number of ether oxygens (including phenoxy) is 2. The maximum atomic E-state index is 12.9. The highest BCUT2D eigenvalue weighted by molar-refractivity contribution is 5.82. The van der Waals surface area contributed by atoms with E-state index in [0.717, 1.165) is 0 Å². The first-order valence-corrected chi connectivity index (χ1v) is 12.4. The molecule has 1 unspecified atom stereocenters. The number of carbonyl (C=O) groups excluding carboxylic acids is 3. The lowest BCUT2D eigenvalue weighted by Crippen LogP contribution is -2.57. The SMILES string of the molecule is CC(C)(C)NC(=O)CN1CCN(C(=O)CN2CCN(C(=O)C3COc4ccccc4O3)CC2)CC1. The number of nitrogens with one attached hydrogen (secondary N) is 1. The smallest absolute Gasteiger partial charge is 0.267 e. The third kappa shape index (κ3) is 6.85. The van der Waals surface area contributed by atoms with Gasteiger partial charge >= 0.3 is 0 Å². The van der Waals surface area contributed by atoms with Gasteiger partial charge in [0.05, 0.1) is 13.1 Å². The lowest BCUT2D eigenvalue weighted by molar-refractivity contribution is -0.143. The molecule has 2 saturated heterocycles. The van der Waals surface area contributed by atoms with Gasteiger partial charge in [-0.25, -0.2) is 0 Å². The first-order valence-electron chi connectivity index (χ1n) is 12.4. The number of amides is 3. The normalized spacial score (nSPS) is 21.5. The molecule has 0 aromatic heterocycles. The Hall–Kier alpha value is -2.85. The molecule has 10 nitrogen and oxygen atoms in total. The molecule has 1 aromatic rings. The molecule has 1 atom stereocenters. The fourth-order valence-corrected chi connectivity index (χ4v) is 4.58. The number of carbonyl (C=O) groups is 3. The maximum absolute atomic E-state index is 12.9. The number of hydrogen-bond donors (Lipinski definition) is 1. The summed E-state index contributed by atoms with van der Waals surface area (Å²) in [5.74, 6) is 1.30. The van der Waals surface area contributed by atoms with Crippen LogP contribution in [0.1, 0.15) is 20.8 Å². The van der Waals surface area contributed by atoms with Gasteiger partial charge in [0, 0.05) is 57.9 Å². The molecule has 4 rings (SSSR count). The number of fused-ring (bicyclic) bond motifs is 1. The van der Waals surface area contributed by atoms with E-state index >= 15 is 0 Å². The standard InChI is InChI=1S/C25H37N5O5/c1-25(2,3)26-22(31)16-27-8-12-29(13-9-27)23(32)17-28-10-14-30(15-11-28)24(33)21-18-34-19-6-4-5-7-20(19)35-21/h4-7,21H,8-18H2,1-3H3,(H,26,31). The van der Waals surface area contributed by atoms with Crippen molar-refractivity contribution in [3.05, 3.63) is 24.3 Å². The van der Waals surface area contributed by atoms with Crippen molar-refractivity contribution >= 4 is 17.7 Å². The number of nitrogens with zero attached hydrogens (tertiary/aromatic N) is 4. The zero-order valence-electron chi connectivity index (χ0n) is 21.0. The molecule has 0 aliphatic carbocycles. The molecule has 35 heavy (non-hydrogen) atoms. The van der Waals surface area contributed by atoms with E-state index in [9.17, 15) is 14.4 Å². The zero-order chi connectivity index (χ0) is 25.0. The minimum Gasteiger partial charge on any atom is -0.485 e. The average Bonchev–Trinajstić information content (AvgIpc) is 2.83. The lowest BCUT2D eigenvalue weighted by atomic mass is 10.1. The monoisotopic (exact) mass is 487 g/mol. The second-order valence-corrected chi connectivity index (χ2v) is 10.4. The third-order valence-electron chi connectivity index (χ3n) is 6.43. The Labute approximate surface area is 207 Å². The van der Waals surface area contributed by atoms with Gasteiger partial charge in [-0.05, 0) is 32.9 Å². The summed E-state index contributed by atoms with van der Waals surface area (Å²) >= 11 is 0. The van der Waals surface area contributed by atoms with Gasteiger partial charge in [0.25, 0.3) is 5.91 Å². The van der Waals surface area contributed by atoms with Crippen molar-refractivity contribution in [3.8, 4) is 11.5 Å². The van der Waals surface area contributed by atoms with E-state index in [1.54, 1.807) is 11.0 Å². The van der Waals surface area contributed by atoms with Crippen LogP contribution >= 0.6 is 0 Å². The minimum absolute atomic E-state index is 0.0130.